The summed E-state index contributed by atoms with van der Waals surface area (Å²) >= 11 is 0. The van der Waals surface area contributed by atoms with Gasteiger partial charge in [0.15, 0.2) is 6.10 Å². The highest BCUT2D eigenvalue weighted by Crippen LogP contribution is 2.17. The Balaban J connectivity index is 1.96. The second-order valence-corrected chi connectivity index (χ2v) is 5.59. The van der Waals surface area contributed by atoms with E-state index in [0.717, 1.165) is 44.0 Å². The molecule has 0 radical (unpaired) electrons. The van der Waals surface area contributed by atoms with Crippen LogP contribution in [0.4, 0.5) is 0 Å². The largest absolute Gasteiger partial charge is 0.481 e. The fraction of sp³-hybridized carbons (Fsp3) is 0.588. The summed E-state index contributed by atoms with van der Waals surface area (Å²) in [5, 5.41) is 0. The molecule has 1 atom stereocenters. The van der Waals surface area contributed by atoms with Gasteiger partial charge in [0.25, 0.3) is 5.91 Å². The number of piperazine rings is 1. The van der Waals surface area contributed by atoms with Gasteiger partial charge in [0, 0.05) is 26.2 Å². The third kappa shape index (κ3) is 4.21. The summed E-state index contributed by atoms with van der Waals surface area (Å²) < 4.78 is 5.91. The molecule has 4 heteroatoms. The molecule has 1 aromatic rings. The van der Waals surface area contributed by atoms with Crippen LogP contribution < -0.4 is 4.74 Å². The fourth-order valence-corrected chi connectivity index (χ4v) is 2.65. The molecule has 1 heterocycles. The Hall–Kier alpha value is -1.55. The quantitative estimate of drug-likeness (QED) is 0.834. The number of carbonyl (C=O) groups excluding carboxylic acids is 1. The highest BCUT2D eigenvalue weighted by atomic mass is 16.5. The van der Waals surface area contributed by atoms with Crippen molar-refractivity contribution >= 4 is 5.91 Å². The first kappa shape index (κ1) is 15.8. The van der Waals surface area contributed by atoms with Crippen molar-refractivity contribution in [2.75, 3.05) is 32.7 Å². The molecule has 0 N–H and O–H groups in total. The zero-order chi connectivity index (χ0) is 15.2. The van der Waals surface area contributed by atoms with Crippen LogP contribution in [0.2, 0.25) is 0 Å². The minimum atomic E-state index is -0.375. The minimum absolute atomic E-state index is 0.120. The van der Waals surface area contributed by atoms with Crippen molar-refractivity contribution in [3.63, 3.8) is 0 Å². The third-order valence-corrected chi connectivity index (χ3v) is 4.05. The van der Waals surface area contributed by atoms with Crippen LogP contribution in [0.25, 0.3) is 0 Å². The summed E-state index contributed by atoms with van der Waals surface area (Å²) in [5.74, 6) is 0.900. The van der Waals surface area contributed by atoms with E-state index in [9.17, 15) is 4.79 Å². The summed E-state index contributed by atoms with van der Waals surface area (Å²) in [6.07, 6.45) is 0.320. The molecule has 1 unspecified atom stereocenters. The van der Waals surface area contributed by atoms with Crippen molar-refractivity contribution in [3.8, 4) is 5.75 Å². The van der Waals surface area contributed by atoms with E-state index in [-0.39, 0.29) is 12.0 Å². The van der Waals surface area contributed by atoms with Crippen LogP contribution in [0.1, 0.15) is 25.8 Å². The Kier molecular flexibility index (Phi) is 5.62. The van der Waals surface area contributed by atoms with Crippen molar-refractivity contribution in [3.05, 3.63) is 29.8 Å². The van der Waals surface area contributed by atoms with E-state index in [1.807, 2.05) is 43.0 Å². The van der Waals surface area contributed by atoms with Crippen LogP contribution >= 0.6 is 0 Å². The molecule has 1 aliphatic heterocycles. The van der Waals surface area contributed by atoms with E-state index in [1.165, 1.54) is 0 Å². The lowest BCUT2D eigenvalue weighted by Crippen LogP contribution is -2.52. The number of ether oxygens (including phenoxy) is 1. The van der Waals surface area contributed by atoms with Gasteiger partial charge in [-0.05, 0) is 37.6 Å². The molecule has 21 heavy (non-hydrogen) atoms. The maximum atomic E-state index is 12.6. The smallest absolute Gasteiger partial charge is 0.263 e. The molecule has 0 bridgehead atoms. The van der Waals surface area contributed by atoms with Crippen molar-refractivity contribution < 1.29 is 9.53 Å². The number of benzene rings is 1. The van der Waals surface area contributed by atoms with E-state index in [1.54, 1.807) is 0 Å². The number of aryl methyl sites for hydroxylation is 1. The Morgan fingerprint density at radius 3 is 2.52 bits per heavy atom. The zero-order valence-electron chi connectivity index (χ0n) is 13.3. The first-order valence-electron chi connectivity index (χ1n) is 7.88. The average molecular weight is 290 g/mol. The number of amides is 1. The van der Waals surface area contributed by atoms with Crippen LogP contribution in [0.5, 0.6) is 5.75 Å². The molecule has 1 fully saturated rings. The average Bonchev–Trinajstić information content (AvgIpc) is 2.52. The maximum absolute atomic E-state index is 12.6. The molecule has 0 spiro atoms. The number of hydrogen-bond donors (Lipinski definition) is 0. The lowest BCUT2D eigenvalue weighted by molar-refractivity contribution is -0.140. The van der Waals surface area contributed by atoms with Crippen LogP contribution in [0, 0.1) is 6.92 Å². The van der Waals surface area contributed by atoms with Gasteiger partial charge in [-0.1, -0.05) is 26.0 Å². The van der Waals surface area contributed by atoms with Crippen LogP contribution in [-0.4, -0.2) is 54.5 Å². The molecule has 0 aromatic heterocycles. The summed E-state index contributed by atoms with van der Waals surface area (Å²) in [6, 6.07) is 7.88. The van der Waals surface area contributed by atoms with Gasteiger partial charge in [0.05, 0.1) is 0 Å². The molecule has 1 aromatic carbocycles. The van der Waals surface area contributed by atoms with Crippen molar-refractivity contribution in [2.24, 2.45) is 0 Å². The third-order valence-electron chi connectivity index (χ3n) is 4.05. The van der Waals surface area contributed by atoms with Gasteiger partial charge in [0.2, 0.25) is 0 Å². The topological polar surface area (TPSA) is 32.8 Å². The Labute approximate surface area is 127 Å². The van der Waals surface area contributed by atoms with E-state index in [4.69, 9.17) is 4.74 Å². The van der Waals surface area contributed by atoms with Gasteiger partial charge in [-0.15, -0.1) is 0 Å². The first-order chi connectivity index (χ1) is 10.1. The molecule has 1 aliphatic rings. The molecule has 116 valence electrons. The summed E-state index contributed by atoms with van der Waals surface area (Å²) in [4.78, 5) is 16.9. The first-order valence-corrected chi connectivity index (χ1v) is 7.88. The van der Waals surface area contributed by atoms with Crippen LogP contribution in [0.15, 0.2) is 24.3 Å². The summed E-state index contributed by atoms with van der Waals surface area (Å²) in [7, 11) is 0. The normalized spacial score (nSPS) is 17.6. The predicted molar refractivity (Wildman–Crippen MR) is 84.6 cm³/mol. The van der Waals surface area contributed by atoms with Gasteiger partial charge in [0.1, 0.15) is 5.75 Å². The van der Waals surface area contributed by atoms with E-state index >= 15 is 0 Å². The van der Waals surface area contributed by atoms with Gasteiger partial charge in [-0.3, -0.25) is 4.79 Å². The maximum Gasteiger partial charge on any atom is 0.263 e. The fourth-order valence-electron chi connectivity index (χ4n) is 2.65. The molecule has 1 amide bonds. The molecule has 0 aliphatic carbocycles. The SMILES string of the molecule is CCC(Oc1cccc(C)c1)C(=O)N1CCN(CC)CC1. The van der Waals surface area contributed by atoms with Gasteiger partial charge in [-0.25, -0.2) is 0 Å². The molecule has 4 nitrogen and oxygen atoms in total. The van der Waals surface area contributed by atoms with E-state index in [0.29, 0.717) is 6.42 Å². The molecule has 1 saturated heterocycles. The Morgan fingerprint density at radius 1 is 1.24 bits per heavy atom. The van der Waals surface area contributed by atoms with Crippen LogP contribution in [-0.2, 0) is 4.79 Å². The highest BCUT2D eigenvalue weighted by molar-refractivity contribution is 5.81. The number of nitrogens with zero attached hydrogens (tertiary/aromatic N) is 2. The Morgan fingerprint density at radius 2 is 1.95 bits per heavy atom. The summed E-state index contributed by atoms with van der Waals surface area (Å²) in [6.45, 7) is 10.8. The molecule has 2 rings (SSSR count). The number of carbonyl (C=O) groups is 1. The van der Waals surface area contributed by atoms with E-state index < -0.39 is 0 Å². The van der Waals surface area contributed by atoms with Gasteiger partial charge in [-0.2, -0.15) is 0 Å². The van der Waals surface area contributed by atoms with E-state index in [2.05, 4.69) is 11.8 Å². The number of hydrogen-bond acceptors (Lipinski definition) is 3. The highest BCUT2D eigenvalue weighted by Gasteiger charge is 2.27. The van der Waals surface area contributed by atoms with Crippen molar-refractivity contribution in [1.29, 1.82) is 0 Å². The lowest BCUT2D eigenvalue weighted by atomic mass is 10.2. The number of rotatable bonds is 5. The number of likely N-dealkylation sites (N-methyl/N-ethyl adjacent to an activating group) is 1. The predicted octanol–water partition coefficient (Wildman–Crippen LogP) is 2.32. The molecular formula is C17H26N2O2. The molecule has 0 saturated carbocycles. The second-order valence-electron chi connectivity index (χ2n) is 5.59. The van der Waals surface area contributed by atoms with Crippen LogP contribution in [0.3, 0.4) is 0 Å². The second kappa shape index (κ2) is 7.46. The zero-order valence-corrected chi connectivity index (χ0v) is 13.3. The minimum Gasteiger partial charge on any atom is -0.481 e. The monoisotopic (exact) mass is 290 g/mol. The van der Waals surface area contributed by atoms with Gasteiger partial charge < -0.3 is 14.5 Å². The lowest BCUT2D eigenvalue weighted by Gasteiger charge is -2.35. The standard InChI is InChI=1S/C17H26N2O2/c1-4-16(21-15-8-6-7-14(3)13-15)17(20)19-11-9-18(5-2)10-12-19/h6-8,13,16H,4-5,9-12H2,1-3H3. The molecular weight excluding hydrogens is 264 g/mol. The van der Waals surface area contributed by atoms with Gasteiger partial charge >= 0.3 is 0 Å². The summed E-state index contributed by atoms with van der Waals surface area (Å²) in [5.41, 5.74) is 1.14. The van der Waals surface area contributed by atoms with Crippen molar-refractivity contribution in [1.82, 2.24) is 9.80 Å². The Bertz CT molecular complexity index is 468. The van der Waals surface area contributed by atoms with Crippen molar-refractivity contribution in [2.45, 2.75) is 33.3 Å².